The summed E-state index contributed by atoms with van der Waals surface area (Å²) >= 11 is 0. The van der Waals surface area contributed by atoms with Crippen LogP contribution in [-0.4, -0.2) is 24.5 Å². The van der Waals surface area contributed by atoms with Gasteiger partial charge in [-0.05, 0) is 42.5 Å². The predicted octanol–water partition coefficient (Wildman–Crippen LogP) is 5.41. The molecule has 0 aliphatic heterocycles. The molecule has 0 atom stereocenters. The number of hydrogen-bond donors (Lipinski definition) is 0. The summed E-state index contributed by atoms with van der Waals surface area (Å²) in [6, 6.07) is 28.3. The minimum absolute atomic E-state index is 0.806. The molecule has 6 heterocycles. The van der Waals surface area contributed by atoms with E-state index >= 15 is 0 Å². The Hall–Kier alpha value is -4.97. The average Bonchev–Trinajstić information content (AvgIpc) is 3.33. The van der Waals surface area contributed by atoms with E-state index in [2.05, 4.69) is 44.9 Å². The van der Waals surface area contributed by atoms with E-state index in [0.717, 1.165) is 55.8 Å². The van der Waals surface area contributed by atoms with Gasteiger partial charge in [-0.1, -0.05) is 40.9 Å². The van der Waals surface area contributed by atoms with Crippen molar-refractivity contribution in [2.75, 3.05) is 0 Å². The SMILES string of the molecule is c1ccc(-c2c[n+]3ccccn3c2-c2cccc(-c3ccc4ccc5cccnc5c4n3)n2)nc1. The topological polar surface area (TPSA) is 60.1 Å². The normalized spacial score (nSPS) is 11.4. The van der Waals surface area contributed by atoms with Crippen LogP contribution < -0.4 is 4.52 Å². The summed E-state index contributed by atoms with van der Waals surface area (Å²) in [6.45, 7) is 0. The lowest BCUT2D eigenvalue weighted by Crippen LogP contribution is -2.26. The van der Waals surface area contributed by atoms with Gasteiger partial charge in [-0.2, -0.15) is 0 Å². The van der Waals surface area contributed by atoms with Crippen molar-refractivity contribution < 1.29 is 4.52 Å². The first-order chi connectivity index (χ1) is 17.3. The van der Waals surface area contributed by atoms with Crippen molar-refractivity contribution in [1.29, 1.82) is 0 Å². The molecule has 0 saturated heterocycles. The van der Waals surface area contributed by atoms with E-state index in [4.69, 9.17) is 9.97 Å². The molecule has 0 aliphatic carbocycles. The smallest absolute Gasteiger partial charge is 0.212 e. The van der Waals surface area contributed by atoms with Crippen LogP contribution in [0.3, 0.4) is 0 Å². The molecular formula is C29H19N6+. The molecule has 164 valence electrons. The van der Waals surface area contributed by atoms with Gasteiger partial charge in [-0.3, -0.25) is 9.97 Å². The summed E-state index contributed by atoms with van der Waals surface area (Å²) in [6.07, 6.45) is 9.75. The fourth-order valence-corrected chi connectivity index (χ4v) is 4.57. The Kier molecular flexibility index (Phi) is 4.35. The molecule has 6 heteroatoms. The Balaban J connectivity index is 1.43. The maximum atomic E-state index is 5.06. The highest BCUT2D eigenvalue weighted by molar-refractivity contribution is 6.03. The minimum Gasteiger partial charge on any atom is -0.256 e. The van der Waals surface area contributed by atoms with Gasteiger partial charge in [0.25, 0.3) is 0 Å². The van der Waals surface area contributed by atoms with Gasteiger partial charge < -0.3 is 0 Å². The molecule has 35 heavy (non-hydrogen) atoms. The average molecular weight is 452 g/mol. The summed E-state index contributed by atoms with van der Waals surface area (Å²) < 4.78 is 4.13. The third-order valence-corrected chi connectivity index (χ3v) is 6.20. The van der Waals surface area contributed by atoms with E-state index in [9.17, 15) is 0 Å². The van der Waals surface area contributed by atoms with Gasteiger partial charge in [0.15, 0.2) is 0 Å². The highest BCUT2D eigenvalue weighted by Crippen LogP contribution is 2.31. The molecule has 0 bridgehead atoms. The number of pyridine rings is 4. The first-order valence-electron chi connectivity index (χ1n) is 11.4. The van der Waals surface area contributed by atoms with E-state index in [0.29, 0.717) is 0 Å². The molecule has 0 aliphatic rings. The number of rotatable bonds is 3. The Morgan fingerprint density at radius 3 is 2.29 bits per heavy atom. The lowest BCUT2D eigenvalue weighted by Gasteiger charge is -2.07. The molecule has 6 aromatic heterocycles. The first-order valence-corrected chi connectivity index (χ1v) is 11.4. The molecular weight excluding hydrogens is 432 g/mol. The van der Waals surface area contributed by atoms with Crippen molar-refractivity contribution in [2.24, 2.45) is 0 Å². The number of benzene rings is 1. The molecule has 6 nitrogen and oxygen atoms in total. The molecule has 0 N–H and O–H groups in total. The maximum absolute atomic E-state index is 5.06. The van der Waals surface area contributed by atoms with Gasteiger partial charge >= 0.3 is 0 Å². The van der Waals surface area contributed by atoms with E-state index in [-0.39, 0.29) is 0 Å². The van der Waals surface area contributed by atoms with Crippen LogP contribution >= 0.6 is 0 Å². The van der Waals surface area contributed by atoms with Gasteiger partial charge in [0, 0.05) is 29.2 Å². The summed E-state index contributed by atoms with van der Waals surface area (Å²) in [5.74, 6) is 0. The van der Waals surface area contributed by atoms with Crippen LogP contribution in [-0.2, 0) is 0 Å². The van der Waals surface area contributed by atoms with Gasteiger partial charge in [0.2, 0.25) is 12.4 Å². The second kappa shape index (κ2) is 7.81. The quantitative estimate of drug-likeness (QED) is 0.266. The molecule has 7 aromatic rings. The number of hydrogen-bond acceptors (Lipinski definition) is 4. The maximum Gasteiger partial charge on any atom is 0.212 e. The Labute approximate surface area is 200 Å². The van der Waals surface area contributed by atoms with Crippen molar-refractivity contribution in [2.45, 2.75) is 0 Å². The van der Waals surface area contributed by atoms with Crippen molar-refractivity contribution in [3.05, 3.63) is 116 Å². The van der Waals surface area contributed by atoms with Crippen molar-refractivity contribution in [3.63, 3.8) is 0 Å². The lowest BCUT2D eigenvalue weighted by atomic mass is 10.1. The highest BCUT2D eigenvalue weighted by atomic mass is 15.3. The van der Waals surface area contributed by atoms with Gasteiger partial charge in [0.05, 0.1) is 45.6 Å². The van der Waals surface area contributed by atoms with E-state index < -0.39 is 0 Å². The molecule has 0 saturated carbocycles. The zero-order chi connectivity index (χ0) is 23.2. The van der Waals surface area contributed by atoms with E-state index in [1.165, 1.54) is 0 Å². The standard InChI is InChI=1S/C29H19N6/c1-2-15-30-23(8-1)22-19-34-17-3-4-18-35(34)29(22)26-10-5-9-24(32-26)25-14-13-21-12-11-20-7-6-16-31-27(20)28(21)33-25/h1-19H/q+1. The van der Waals surface area contributed by atoms with Gasteiger partial charge in [-0.15, -0.1) is 4.52 Å². The molecule has 1 aromatic carbocycles. The van der Waals surface area contributed by atoms with Crippen LogP contribution in [0.15, 0.2) is 116 Å². The summed E-state index contributed by atoms with van der Waals surface area (Å²) in [4.78, 5) is 19.2. The lowest BCUT2D eigenvalue weighted by molar-refractivity contribution is -0.616. The van der Waals surface area contributed by atoms with Crippen molar-refractivity contribution in [1.82, 2.24) is 24.5 Å². The number of fused-ring (bicyclic) bond motifs is 4. The first kappa shape index (κ1) is 19.5. The monoisotopic (exact) mass is 451 g/mol. The molecule has 0 fully saturated rings. The second-order valence-corrected chi connectivity index (χ2v) is 8.33. The third kappa shape index (κ3) is 3.23. The van der Waals surface area contributed by atoms with Crippen LogP contribution in [0.2, 0.25) is 0 Å². The zero-order valence-corrected chi connectivity index (χ0v) is 18.7. The summed E-state index contributed by atoms with van der Waals surface area (Å²) in [7, 11) is 0. The fourth-order valence-electron chi connectivity index (χ4n) is 4.57. The van der Waals surface area contributed by atoms with Crippen LogP contribution in [0.25, 0.3) is 55.8 Å². The Morgan fingerprint density at radius 2 is 1.37 bits per heavy atom. The van der Waals surface area contributed by atoms with Crippen LogP contribution in [0, 0.1) is 0 Å². The summed E-state index contributed by atoms with van der Waals surface area (Å²) in [5, 5.41) is 2.13. The molecule has 0 radical (unpaired) electrons. The Bertz CT molecular complexity index is 1860. The molecule has 0 amide bonds. The third-order valence-electron chi connectivity index (χ3n) is 6.20. The van der Waals surface area contributed by atoms with Gasteiger partial charge in [0.1, 0.15) is 5.69 Å². The van der Waals surface area contributed by atoms with Gasteiger partial charge in [-0.25, -0.2) is 9.97 Å². The minimum atomic E-state index is 0.806. The number of nitrogens with zero attached hydrogens (tertiary/aromatic N) is 6. The van der Waals surface area contributed by atoms with Crippen LogP contribution in [0.1, 0.15) is 0 Å². The van der Waals surface area contributed by atoms with Crippen molar-refractivity contribution >= 4 is 21.8 Å². The predicted molar refractivity (Wildman–Crippen MR) is 136 cm³/mol. The van der Waals surface area contributed by atoms with E-state index in [1.54, 1.807) is 0 Å². The Morgan fingerprint density at radius 1 is 0.571 bits per heavy atom. The van der Waals surface area contributed by atoms with Crippen LogP contribution in [0.4, 0.5) is 0 Å². The summed E-state index contributed by atoms with van der Waals surface area (Å²) in [5.41, 5.74) is 7.12. The molecule has 0 unspecified atom stereocenters. The number of aromatic nitrogens is 6. The highest BCUT2D eigenvalue weighted by Gasteiger charge is 2.22. The molecule has 7 rings (SSSR count). The molecule has 0 spiro atoms. The van der Waals surface area contributed by atoms with Crippen molar-refractivity contribution in [3.8, 4) is 34.0 Å². The second-order valence-electron chi connectivity index (χ2n) is 8.33. The fraction of sp³-hybridized carbons (Fsp3) is 0. The zero-order valence-electron chi connectivity index (χ0n) is 18.7. The largest absolute Gasteiger partial charge is 0.256 e. The van der Waals surface area contributed by atoms with E-state index in [1.807, 2.05) is 90.0 Å². The van der Waals surface area contributed by atoms with Crippen LogP contribution in [0.5, 0.6) is 0 Å².